The van der Waals surface area contributed by atoms with Gasteiger partial charge in [-0.15, -0.1) is 0 Å². The van der Waals surface area contributed by atoms with E-state index in [9.17, 15) is 4.21 Å². The molecule has 244 valence electrons. The predicted molar refractivity (Wildman–Crippen MR) is 183 cm³/mol. The lowest BCUT2D eigenvalue weighted by Crippen LogP contribution is -2.54. The van der Waals surface area contributed by atoms with Crippen LogP contribution in [-0.4, -0.2) is 95.9 Å². The standard InChI is InChI=1S/C29H46N8O.C2H6OS.H3N.H2/c1-7-31-27(34-23-16-24(20-30-19-23)37-14-12-36(6)13-15-37)33-18-22(2)29(5)21-38-28(3,4)17-25(29)35-26-10-8-9-11-32-26;1-4(2)3;;/h8-11,16,18-20,25,27,31,33-34H,7,12-15,17,21H2,1-6H3,(H,32,35);1-2H3;1H3;1H/b22-18+;;;/t25-,27?,29-;;;/m1.../s1. The zero-order valence-electron chi connectivity index (χ0n) is 27.4. The van der Waals surface area contributed by atoms with Crippen LogP contribution >= 0.6 is 0 Å². The van der Waals surface area contributed by atoms with Crippen molar-refractivity contribution in [3.8, 4) is 0 Å². The van der Waals surface area contributed by atoms with Crippen molar-refractivity contribution in [3.05, 3.63) is 54.6 Å². The summed E-state index contributed by atoms with van der Waals surface area (Å²) in [4.78, 5) is 13.8. The monoisotopic (exact) mass is 619 g/mol. The summed E-state index contributed by atoms with van der Waals surface area (Å²) in [7, 11) is 1.56. The largest absolute Gasteiger partial charge is 0.375 e. The Balaban J connectivity index is 0.00000152. The highest BCUT2D eigenvalue weighted by atomic mass is 32.2. The van der Waals surface area contributed by atoms with Crippen LogP contribution in [0, 0.1) is 5.41 Å². The van der Waals surface area contributed by atoms with Crippen molar-refractivity contribution in [2.45, 2.75) is 59.0 Å². The van der Waals surface area contributed by atoms with Crippen LogP contribution in [0.1, 0.15) is 42.5 Å². The third kappa shape index (κ3) is 11.3. The van der Waals surface area contributed by atoms with Crippen molar-refractivity contribution < 1.29 is 10.4 Å². The number of hydrogen-bond acceptors (Lipinski definition) is 11. The van der Waals surface area contributed by atoms with E-state index in [2.05, 4.69) is 95.0 Å². The van der Waals surface area contributed by atoms with Crippen LogP contribution in [0.15, 0.2) is 54.6 Å². The molecule has 2 aliphatic rings. The maximum Gasteiger partial charge on any atom is 0.152 e. The fourth-order valence-electron chi connectivity index (χ4n) is 5.09. The Hall–Kier alpha value is -2.77. The molecule has 2 aliphatic heterocycles. The topological polar surface area (TPSA) is 142 Å². The fraction of sp³-hybridized carbons (Fsp3) is 0.613. The molecule has 0 saturated carbocycles. The first-order valence-electron chi connectivity index (χ1n) is 14.8. The highest BCUT2D eigenvalue weighted by Crippen LogP contribution is 2.42. The summed E-state index contributed by atoms with van der Waals surface area (Å²) >= 11 is 0. The van der Waals surface area contributed by atoms with E-state index >= 15 is 0 Å². The molecule has 4 rings (SSSR count). The van der Waals surface area contributed by atoms with E-state index in [0.29, 0.717) is 6.61 Å². The Bertz CT molecular complexity index is 1160. The number of likely N-dealkylation sites (N-methyl/N-ethyl adjacent to an activating group) is 1. The normalized spacial score (nSPS) is 23.0. The molecule has 0 spiro atoms. The molecule has 7 N–H and O–H groups in total. The molecule has 2 aromatic rings. The zero-order valence-corrected chi connectivity index (χ0v) is 28.3. The van der Waals surface area contributed by atoms with Gasteiger partial charge in [0.2, 0.25) is 0 Å². The number of nitrogens with one attached hydrogen (secondary N) is 4. The van der Waals surface area contributed by atoms with E-state index in [4.69, 9.17) is 4.74 Å². The lowest BCUT2D eigenvalue weighted by atomic mass is 9.71. The summed E-state index contributed by atoms with van der Waals surface area (Å²) in [5, 5.41) is 14.3. The minimum Gasteiger partial charge on any atom is -0.375 e. The summed E-state index contributed by atoms with van der Waals surface area (Å²) < 4.78 is 15.9. The van der Waals surface area contributed by atoms with Crippen molar-refractivity contribution >= 4 is 28.0 Å². The lowest BCUT2D eigenvalue weighted by molar-refractivity contribution is -0.102. The summed E-state index contributed by atoms with van der Waals surface area (Å²) in [6, 6.07) is 8.34. The van der Waals surface area contributed by atoms with Gasteiger partial charge in [-0.1, -0.05) is 19.9 Å². The molecule has 0 aromatic carbocycles. The number of pyridine rings is 2. The first-order valence-corrected chi connectivity index (χ1v) is 16.8. The van der Waals surface area contributed by atoms with Crippen molar-refractivity contribution in [2.24, 2.45) is 5.41 Å². The van der Waals surface area contributed by atoms with E-state index in [1.165, 1.54) is 5.57 Å². The Morgan fingerprint density at radius 1 is 1.21 bits per heavy atom. The van der Waals surface area contributed by atoms with Crippen LogP contribution in [-0.2, 0) is 15.5 Å². The molecule has 2 aromatic heterocycles. The zero-order chi connectivity index (χ0) is 30.8. The van der Waals surface area contributed by atoms with Gasteiger partial charge in [0.05, 0.1) is 36.0 Å². The molecule has 43 heavy (non-hydrogen) atoms. The molecule has 0 radical (unpaired) electrons. The second kappa shape index (κ2) is 16.9. The maximum atomic E-state index is 9.56. The van der Waals surface area contributed by atoms with Gasteiger partial charge in [-0.05, 0) is 70.8 Å². The summed E-state index contributed by atoms with van der Waals surface area (Å²) in [6.45, 7) is 16.5. The Labute approximate surface area is 263 Å². The fourth-order valence-corrected chi connectivity index (χ4v) is 5.09. The number of piperazine rings is 1. The first kappa shape index (κ1) is 36.4. The third-order valence-electron chi connectivity index (χ3n) is 7.89. The molecule has 12 heteroatoms. The van der Waals surface area contributed by atoms with Gasteiger partial charge in [-0.2, -0.15) is 0 Å². The summed E-state index contributed by atoms with van der Waals surface area (Å²) in [5.74, 6) is 0.891. The molecular weight excluding hydrogens is 562 g/mol. The number of hydrogen-bond donors (Lipinski definition) is 5. The van der Waals surface area contributed by atoms with Crippen molar-refractivity contribution in [1.82, 2.24) is 31.7 Å². The first-order chi connectivity index (χ1) is 19.9. The van der Waals surface area contributed by atoms with Gasteiger partial charge in [0, 0.05) is 68.6 Å². The van der Waals surface area contributed by atoms with Crippen LogP contribution in [0.4, 0.5) is 17.2 Å². The molecular formula is C31H57N9O2S. The minimum absolute atomic E-state index is 0. The highest BCUT2D eigenvalue weighted by molar-refractivity contribution is 7.83. The summed E-state index contributed by atoms with van der Waals surface area (Å²) in [5.41, 5.74) is 2.95. The van der Waals surface area contributed by atoms with Crippen LogP contribution in [0.2, 0.25) is 0 Å². The molecule has 0 amide bonds. The molecule has 2 fully saturated rings. The van der Waals surface area contributed by atoms with Gasteiger partial charge < -0.3 is 36.6 Å². The van der Waals surface area contributed by atoms with Crippen LogP contribution in [0.5, 0.6) is 0 Å². The predicted octanol–water partition coefficient (Wildman–Crippen LogP) is 4.12. The highest BCUT2D eigenvalue weighted by Gasteiger charge is 2.45. The van der Waals surface area contributed by atoms with E-state index in [0.717, 1.165) is 56.3 Å². The van der Waals surface area contributed by atoms with Crippen molar-refractivity contribution in [2.75, 3.05) is 74.4 Å². The van der Waals surface area contributed by atoms with Gasteiger partial charge in [0.25, 0.3) is 0 Å². The van der Waals surface area contributed by atoms with Gasteiger partial charge in [-0.25, -0.2) is 4.98 Å². The number of nitrogens with zero attached hydrogens (tertiary/aromatic N) is 4. The van der Waals surface area contributed by atoms with E-state index in [1.807, 2.05) is 36.8 Å². The third-order valence-corrected chi connectivity index (χ3v) is 7.89. The van der Waals surface area contributed by atoms with Crippen molar-refractivity contribution in [1.29, 1.82) is 0 Å². The number of aromatic nitrogens is 2. The van der Waals surface area contributed by atoms with Gasteiger partial charge in [0.15, 0.2) is 6.29 Å². The van der Waals surface area contributed by atoms with Gasteiger partial charge in [-0.3, -0.25) is 14.5 Å². The molecule has 11 nitrogen and oxygen atoms in total. The molecule has 3 atom stereocenters. The van der Waals surface area contributed by atoms with Crippen LogP contribution in [0.3, 0.4) is 0 Å². The lowest BCUT2D eigenvalue weighted by Gasteiger charge is -2.48. The maximum absolute atomic E-state index is 9.56. The van der Waals surface area contributed by atoms with Gasteiger partial charge in [0.1, 0.15) is 5.82 Å². The summed E-state index contributed by atoms with van der Waals surface area (Å²) in [6.07, 6.45) is 11.8. The Morgan fingerprint density at radius 3 is 2.53 bits per heavy atom. The number of rotatable bonds is 10. The Kier molecular flexibility index (Phi) is 14.3. The smallest absolute Gasteiger partial charge is 0.152 e. The quantitative estimate of drug-likeness (QED) is 0.245. The molecule has 4 heterocycles. The second-order valence-corrected chi connectivity index (χ2v) is 13.7. The van der Waals surface area contributed by atoms with E-state index in [-0.39, 0.29) is 30.9 Å². The van der Waals surface area contributed by atoms with E-state index < -0.39 is 10.8 Å². The molecule has 2 saturated heterocycles. The van der Waals surface area contributed by atoms with Crippen LogP contribution < -0.4 is 32.3 Å². The molecule has 1 unspecified atom stereocenters. The SMILES string of the molecule is CCNC(N/C=C(\C)[C@@]1(C)COC(C)(C)C[C@H]1Nc1ccccn1)Nc1cncc(N2CCN(C)CC2)c1.CS(C)=O.N.[HH]. The molecule has 0 bridgehead atoms. The number of ether oxygens (including phenoxy) is 1. The minimum atomic E-state index is -0.611. The Morgan fingerprint density at radius 2 is 1.91 bits per heavy atom. The number of anilines is 3. The second-order valence-electron chi connectivity index (χ2n) is 12.2. The molecule has 0 aliphatic carbocycles. The van der Waals surface area contributed by atoms with Gasteiger partial charge >= 0.3 is 0 Å². The average Bonchev–Trinajstić information content (AvgIpc) is 2.94. The van der Waals surface area contributed by atoms with Crippen molar-refractivity contribution in [3.63, 3.8) is 0 Å². The van der Waals surface area contributed by atoms with Crippen LogP contribution in [0.25, 0.3) is 0 Å². The van der Waals surface area contributed by atoms with E-state index in [1.54, 1.807) is 12.5 Å². The average molecular weight is 620 g/mol.